The molecule has 0 heterocycles. The smallest absolute Gasteiger partial charge is 0.156 e. The lowest BCUT2D eigenvalue weighted by Gasteiger charge is -2.12. The first-order chi connectivity index (χ1) is 10.7. The number of hydrogen-bond acceptors (Lipinski definition) is 2. The SMILES string of the molecule is CCCCNCc1cc(Cl)c(OCc2ccccc2)c(Cl)c1. The molecule has 0 aliphatic heterocycles. The number of nitrogens with one attached hydrogen (secondary N) is 1. The van der Waals surface area contributed by atoms with Crippen LogP contribution < -0.4 is 10.1 Å². The summed E-state index contributed by atoms with van der Waals surface area (Å²) in [5.74, 6) is 0.546. The molecule has 0 radical (unpaired) electrons. The zero-order chi connectivity index (χ0) is 15.8. The van der Waals surface area contributed by atoms with E-state index in [2.05, 4.69) is 12.2 Å². The zero-order valence-corrected chi connectivity index (χ0v) is 14.3. The van der Waals surface area contributed by atoms with E-state index in [0.29, 0.717) is 22.4 Å². The molecule has 2 nitrogen and oxygen atoms in total. The lowest BCUT2D eigenvalue weighted by molar-refractivity contribution is 0.306. The highest BCUT2D eigenvalue weighted by molar-refractivity contribution is 6.37. The minimum absolute atomic E-state index is 0.453. The largest absolute Gasteiger partial charge is 0.486 e. The van der Waals surface area contributed by atoms with Crippen molar-refractivity contribution in [2.45, 2.75) is 32.9 Å². The summed E-state index contributed by atoms with van der Waals surface area (Å²) in [7, 11) is 0. The second kappa shape index (κ2) is 9.04. The predicted octanol–water partition coefficient (Wildman–Crippen LogP) is 5.46. The molecule has 1 N–H and O–H groups in total. The van der Waals surface area contributed by atoms with Crippen LogP contribution in [0, 0.1) is 0 Å². The van der Waals surface area contributed by atoms with Crippen LogP contribution in [0.5, 0.6) is 5.75 Å². The average molecular weight is 338 g/mol. The van der Waals surface area contributed by atoms with Gasteiger partial charge < -0.3 is 10.1 Å². The third kappa shape index (κ3) is 5.20. The van der Waals surface area contributed by atoms with Gasteiger partial charge >= 0.3 is 0 Å². The average Bonchev–Trinajstić information content (AvgIpc) is 2.52. The predicted molar refractivity (Wildman–Crippen MR) is 93.9 cm³/mol. The van der Waals surface area contributed by atoms with E-state index in [1.54, 1.807) is 0 Å². The van der Waals surface area contributed by atoms with E-state index < -0.39 is 0 Å². The standard InChI is InChI=1S/C18H21Cl2NO/c1-2-3-9-21-12-15-10-16(19)18(17(20)11-15)22-13-14-7-5-4-6-8-14/h4-8,10-11,21H,2-3,9,12-13H2,1H3. The summed E-state index contributed by atoms with van der Waals surface area (Å²) in [6.07, 6.45) is 2.35. The molecule has 0 amide bonds. The minimum atomic E-state index is 0.453. The van der Waals surface area contributed by atoms with Crippen molar-refractivity contribution in [2.75, 3.05) is 6.54 Å². The van der Waals surface area contributed by atoms with Crippen LogP contribution in [0.1, 0.15) is 30.9 Å². The van der Waals surface area contributed by atoms with Gasteiger partial charge in [-0.2, -0.15) is 0 Å². The Kier molecular flexibility index (Phi) is 7.04. The topological polar surface area (TPSA) is 21.3 Å². The highest BCUT2D eigenvalue weighted by atomic mass is 35.5. The maximum Gasteiger partial charge on any atom is 0.156 e. The van der Waals surface area contributed by atoms with E-state index in [1.165, 1.54) is 12.8 Å². The third-order valence-electron chi connectivity index (χ3n) is 3.32. The van der Waals surface area contributed by atoms with E-state index >= 15 is 0 Å². The Hall–Kier alpha value is -1.22. The van der Waals surface area contributed by atoms with Gasteiger partial charge in [0.15, 0.2) is 5.75 Å². The van der Waals surface area contributed by atoms with Crippen LogP contribution in [0.3, 0.4) is 0 Å². The summed E-state index contributed by atoms with van der Waals surface area (Å²) in [5, 5.41) is 4.48. The Morgan fingerprint density at radius 2 is 1.68 bits per heavy atom. The number of ether oxygens (including phenoxy) is 1. The molecule has 0 bridgehead atoms. The van der Waals surface area contributed by atoms with Gasteiger partial charge in [-0.05, 0) is 36.2 Å². The second-order valence-electron chi connectivity index (χ2n) is 5.19. The molecular formula is C18H21Cl2NO. The van der Waals surface area contributed by atoms with Crippen molar-refractivity contribution < 1.29 is 4.74 Å². The fourth-order valence-corrected chi connectivity index (χ4v) is 2.76. The quantitative estimate of drug-likeness (QED) is 0.645. The van der Waals surface area contributed by atoms with Gasteiger partial charge in [-0.15, -0.1) is 0 Å². The van der Waals surface area contributed by atoms with Crippen LogP contribution in [-0.2, 0) is 13.2 Å². The first kappa shape index (κ1) is 17.1. The van der Waals surface area contributed by atoms with Gasteiger partial charge in [0.05, 0.1) is 10.0 Å². The summed E-state index contributed by atoms with van der Waals surface area (Å²) < 4.78 is 5.77. The normalized spacial score (nSPS) is 10.7. The molecule has 0 atom stereocenters. The van der Waals surface area contributed by atoms with E-state index in [4.69, 9.17) is 27.9 Å². The monoisotopic (exact) mass is 337 g/mol. The van der Waals surface area contributed by atoms with E-state index in [0.717, 1.165) is 24.2 Å². The number of rotatable bonds is 8. The van der Waals surface area contributed by atoms with Gasteiger partial charge in [-0.25, -0.2) is 0 Å². The fraction of sp³-hybridized carbons (Fsp3) is 0.333. The maximum absolute atomic E-state index is 6.30. The van der Waals surface area contributed by atoms with Crippen LogP contribution in [-0.4, -0.2) is 6.54 Å². The minimum Gasteiger partial charge on any atom is -0.486 e. The van der Waals surface area contributed by atoms with Gasteiger partial charge in [0.2, 0.25) is 0 Å². The Bertz CT molecular complexity index is 564. The van der Waals surface area contributed by atoms with Crippen molar-refractivity contribution >= 4 is 23.2 Å². The van der Waals surface area contributed by atoms with Crippen molar-refractivity contribution in [1.82, 2.24) is 5.32 Å². The van der Waals surface area contributed by atoms with E-state index in [1.807, 2.05) is 42.5 Å². The molecule has 0 aromatic heterocycles. The molecule has 0 saturated carbocycles. The molecule has 118 valence electrons. The number of benzene rings is 2. The summed E-state index contributed by atoms with van der Waals surface area (Å²) in [6, 6.07) is 13.8. The van der Waals surface area contributed by atoms with E-state index in [-0.39, 0.29) is 0 Å². The maximum atomic E-state index is 6.30. The van der Waals surface area contributed by atoms with Crippen molar-refractivity contribution in [1.29, 1.82) is 0 Å². The lowest BCUT2D eigenvalue weighted by atomic mass is 10.2. The fourth-order valence-electron chi connectivity index (χ4n) is 2.12. The first-order valence-corrected chi connectivity index (χ1v) is 8.31. The van der Waals surface area contributed by atoms with Gasteiger partial charge in [-0.1, -0.05) is 66.9 Å². The third-order valence-corrected chi connectivity index (χ3v) is 3.88. The van der Waals surface area contributed by atoms with Gasteiger partial charge in [0, 0.05) is 6.54 Å². The van der Waals surface area contributed by atoms with Crippen LogP contribution >= 0.6 is 23.2 Å². The molecule has 22 heavy (non-hydrogen) atoms. The van der Waals surface area contributed by atoms with Gasteiger partial charge in [-0.3, -0.25) is 0 Å². The van der Waals surface area contributed by atoms with Crippen molar-refractivity contribution in [2.24, 2.45) is 0 Å². The van der Waals surface area contributed by atoms with Crippen molar-refractivity contribution in [3.8, 4) is 5.75 Å². The van der Waals surface area contributed by atoms with E-state index in [9.17, 15) is 0 Å². The lowest BCUT2D eigenvalue weighted by Crippen LogP contribution is -2.14. The summed E-state index contributed by atoms with van der Waals surface area (Å²) in [5.41, 5.74) is 2.15. The Morgan fingerprint density at radius 1 is 1.00 bits per heavy atom. The number of hydrogen-bond donors (Lipinski definition) is 1. The van der Waals surface area contributed by atoms with Crippen molar-refractivity contribution in [3.05, 3.63) is 63.6 Å². The Labute approximate surface area is 142 Å². The molecule has 0 aliphatic rings. The number of unbranched alkanes of at least 4 members (excludes halogenated alkanes) is 1. The molecule has 2 aromatic carbocycles. The molecule has 0 spiro atoms. The molecule has 0 saturated heterocycles. The molecule has 0 fully saturated rings. The van der Waals surface area contributed by atoms with Crippen LogP contribution in [0.2, 0.25) is 10.0 Å². The molecule has 0 unspecified atom stereocenters. The highest BCUT2D eigenvalue weighted by Crippen LogP contribution is 2.34. The van der Waals surface area contributed by atoms with Crippen LogP contribution in [0.15, 0.2) is 42.5 Å². The molecule has 2 aromatic rings. The van der Waals surface area contributed by atoms with Crippen LogP contribution in [0.4, 0.5) is 0 Å². The zero-order valence-electron chi connectivity index (χ0n) is 12.7. The molecule has 4 heteroatoms. The molecule has 0 aliphatic carbocycles. The highest BCUT2D eigenvalue weighted by Gasteiger charge is 2.10. The second-order valence-corrected chi connectivity index (χ2v) is 6.01. The Balaban J connectivity index is 1.97. The van der Waals surface area contributed by atoms with Crippen molar-refractivity contribution in [3.63, 3.8) is 0 Å². The first-order valence-electron chi connectivity index (χ1n) is 7.56. The van der Waals surface area contributed by atoms with Gasteiger partial charge in [0.1, 0.15) is 6.61 Å². The number of halogens is 2. The summed E-state index contributed by atoms with van der Waals surface area (Å²) >= 11 is 12.6. The molecular weight excluding hydrogens is 317 g/mol. The summed E-state index contributed by atoms with van der Waals surface area (Å²) in [4.78, 5) is 0. The van der Waals surface area contributed by atoms with Crippen LogP contribution in [0.25, 0.3) is 0 Å². The van der Waals surface area contributed by atoms with Gasteiger partial charge in [0.25, 0.3) is 0 Å². The Morgan fingerprint density at radius 3 is 2.32 bits per heavy atom. The molecule has 2 rings (SSSR count). The summed E-state index contributed by atoms with van der Waals surface area (Å²) in [6.45, 7) is 4.39.